The van der Waals surface area contributed by atoms with Crippen LogP contribution < -0.4 is 3.07 Å². The van der Waals surface area contributed by atoms with Gasteiger partial charge in [-0.1, -0.05) is 0 Å². The van der Waals surface area contributed by atoms with Crippen LogP contribution in [0.2, 0.25) is 13.3 Å². The average Bonchev–Trinajstić information content (AvgIpc) is 2.73. The summed E-state index contributed by atoms with van der Waals surface area (Å²) in [5.41, 5.74) is 0.134. The summed E-state index contributed by atoms with van der Waals surface area (Å²) >= 11 is -3.21. The fraction of sp³-hybridized carbons (Fsp3) is 0.727. The molecule has 170 valence electrons. The zero-order valence-electron chi connectivity index (χ0n) is 19.2. The van der Waals surface area contributed by atoms with Gasteiger partial charge < -0.3 is 0 Å². The van der Waals surface area contributed by atoms with Gasteiger partial charge in [-0.3, -0.25) is 0 Å². The molecule has 8 heteroatoms. The molecular weight excluding hydrogens is 491 g/mol. The number of hydrogen-bond donors (Lipinski definition) is 0. The Bertz CT molecular complexity index is 689. The summed E-state index contributed by atoms with van der Waals surface area (Å²) in [6.45, 7) is 10.4. The van der Waals surface area contributed by atoms with Crippen LogP contribution in [0.4, 0.5) is 11.4 Å². The maximum absolute atomic E-state index is 11.9. The molecule has 1 atom stereocenters. The summed E-state index contributed by atoms with van der Waals surface area (Å²) in [6, 6.07) is 2.57. The van der Waals surface area contributed by atoms with Crippen molar-refractivity contribution in [3.05, 3.63) is 37.9 Å². The Morgan fingerprint density at radius 2 is 1.40 bits per heavy atom. The first-order chi connectivity index (χ1) is 14.2. The first kappa shape index (κ1) is 26.7. The van der Waals surface area contributed by atoms with Crippen LogP contribution in [0.25, 0.3) is 0 Å². The van der Waals surface area contributed by atoms with Crippen LogP contribution >= 0.6 is 0 Å². The molecule has 0 N–H and O–H groups in total. The van der Waals surface area contributed by atoms with Crippen LogP contribution in [0.5, 0.6) is 5.75 Å². The Hall–Kier alpha value is -1.38. The summed E-state index contributed by atoms with van der Waals surface area (Å²) in [4.78, 5) is 22.3. The molecule has 0 unspecified atom stereocenters. The topological polar surface area (TPSA) is 95.5 Å². The van der Waals surface area contributed by atoms with Crippen molar-refractivity contribution in [1.29, 1.82) is 0 Å². The zero-order valence-corrected chi connectivity index (χ0v) is 22.1. The molecule has 0 spiro atoms. The number of nitro benzene ring substituents is 2. The minimum atomic E-state index is -3.21. The Kier molecular flexibility index (Phi) is 11.7. The van der Waals surface area contributed by atoms with E-state index in [4.69, 9.17) is 3.07 Å². The van der Waals surface area contributed by atoms with Crippen molar-refractivity contribution in [2.45, 2.75) is 98.8 Å². The van der Waals surface area contributed by atoms with Gasteiger partial charge in [-0.25, -0.2) is 0 Å². The van der Waals surface area contributed by atoms with E-state index in [1.165, 1.54) is 6.07 Å². The predicted octanol–water partition coefficient (Wildman–Crippen LogP) is 7.74. The summed E-state index contributed by atoms with van der Waals surface area (Å²) in [5, 5.41) is 23.3. The monoisotopic (exact) mass is 530 g/mol. The van der Waals surface area contributed by atoms with Crippen LogP contribution in [0.15, 0.2) is 12.1 Å². The Morgan fingerprint density at radius 3 is 1.77 bits per heavy atom. The fourth-order valence-corrected chi connectivity index (χ4v) is 17.2. The normalized spacial score (nSPS) is 12.6. The molecule has 0 aliphatic heterocycles. The van der Waals surface area contributed by atoms with E-state index >= 15 is 0 Å². The molecule has 1 aromatic rings. The van der Waals surface area contributed by atoms with Gasteiger partial charge >= 0.3 is 186 Å². The maximum atomic E-state index is 11.9. The van der Waals surface area contributed by atoms with Crippen LogP contribution in [0.3, 0.4) is 0 Å². The molecule has 0 aromatic heterocycles. The molecule has 7 nitrogen and oxygen atoms in total. The quantitative estimate of drug-likeness (QED) is 0.132. The first-order valence-corrected chi connectivity index (χ1v) is 18.6. The van der Waals surface area contributed by atoms with E-state index in [1.54, 1.807) is 0 Å². The summed E-state index contributed by atoms with van der Waals surface area (Å²) in [7, 11) is 0. The van der Waals surface area contributed by atoms with Gasteiger partial charge in [0, 0.05) is 0 Å². The first-order valence-electron chi connectivity index (χ1n) is 11.4. The minimum absolute atomic E-state index is 0.0499. The molecule has 0 amide bonds. The van der Waals surface area contributed by atoms with E-state index in [-0.39, 0.29) is 17.3 Å². The molecular formula is C22H38N2O5Sn. The molecule has 0 saturated heterocycles. The van der Waals surface area contributed by atoms with Gasteiger partial charge in [0.25, 0.3) is 0 Å². The van der Waals surface area contributed by atoms with Crippen molar-refractivity contribution in [3.8, 4) is 5.75 Å². The summed E-state index contributed by atoms with van der Waals surface area (Å²) in [6.07, 6.45) is 7.16. The second kappa shape index (κ2) is 13.1. The van der Waals surface area contributed by atoms with E-state index in [1.807, 2.05) is 13.8 Å². The Balaban J connectivity index is 3.63. The number of nitro groups is 2. The molecule has 1 rings (SSSR count). The zero-order chi connectivity index (χ0) is 22.7. The van der Waals surface area contributed by atoms with Crippen LogP contribution in [0.1, 0.15) is 91.0 Å². The van der Waals surface area contributed by atoms with E-state index < -0.39 is 28.6 Å². The van der Waals surface area contributed by atoms with Crippen molar-refractivity contribution >= 4 is 30.2 Å². The van der Waals surface area contributed by atoms with Crippen molar-refractivity contribution in [1.82, 2.24) is 0 Å². The van der Waals surface area contributed by atoms with Gasteiger partial charge in [0.1, 0.15) is 0 Å². The molecule has 0 bridgehead atoms. The number of unbranched alkanes of at least 4 members (excludes halogenated alkanes) is 3. The van der Waals surface area contributed by atoms with Gasteiger partial charge in [0.05, 0.1) is 0 Å². The van der Waals surface area contributed by atoms with Gasteiger partial charge in [-0.05, 0) is 0 Å². The molecule has 0 radical (unpaired) electrons. The molecule has 0 aliphatic carbocycles. The molecule has 0 aliphatic rings. The average molecular weight is 529 g/mol. The van der Waals surface area contributed by atoms with Gasteiger partial charge in [-0.2, -0.15) is 0 Å². The molecule has 1 aromatic carbocycles. The van der Waals surface area contributed by atoms with Crippen LogP contribution in [-0.2, 0) is 0 Å². The van der Waals surface area contributed by atoms with E-state index in [2.05, 4.69) is 20.8 Å². The third kappa shape index (κ3) is 7.39. The number of rotatable bonds is 15. The van der Waals surface area contributed by atoms with Crippen molar-refractivity contribution < 1.29 is 12.9 Å². The summed E-state index contributed by atoms with van der Waals surface area (Å²) < 4.78 is 9.96. The van der Waals surface area contributed by atoms with E-state index in [0.29, 0.717) is 11.3 Å². The number of non-ortho nitro benzene ring substituents is 1. The summed E-state index contributed by atoms with van der Waals surface area (Å²) in [5.74, 6) is 0.269. The third-order valence-corrected chi connectivity index (χ3v) is 18.6. The van der Waals surface area contributed by atoms with Gasteiger partial charge in [0.2, 0.25) is 0 Å². The Morgan fingerprint density at radius 1 is 0.900 bits per heavy atom. The number of benzene rings is 1. The second-order valence-corrected chi connectivity index (χ2v) is 19.9. The van der Waals surface area contributed by atoms with Gasteiger partial charge in [-0.15, -0.1) is 0 Å². The Labute approximate surface area is 185 Å². The molecule has 30 heavy (non-hydrogen) atoms. The van der Waals surface area contributed by atoms with E-state index in [9.17, 15) is 20.2 Å². The predicted molar refractivity (Wildman–Crippen MR) is 124 cm³/mol. The SMILES string of the molecule is CCC[CH2][Sn]([CH2]CCC)([CH2]CCC)[O]c1c([C@H](C)CC)cc([N+](=O)[O-])cc1[N+](=O)[O-]. The van der Waals surface area contributed by atoms with Gasteiger partial charge in [0.15, 0.2) is 0 Å². The van der Waals surface area contributed by atoms with Crippen molar-refractivity contribution in [3.63, 3.8) is 0 Å². The fourth-order valence-electron chi connectivity index (χ4n) is 3.80. The second-order valence-electron chi connectivity index (χ2n) is 8.30. The molecule has 0 heterocycles. The van der Waals surface area contributed by atoms with Crippen molar-refractivity contribution in [2.24, 2.45) is 0 Å². The van der Waals surface area contributed by atoms with Crippen molar-refractivity contribution in [2.75, 3.05) is 0 Å². The standard InChI is InChI=1S/C10H12N2O5.3C4H9.Sn/c1-3-6(2)8-4-7(11(14)15)5-9(10(8)13)12(16)17;3*1-3-4-2;/h4-6,13H,3H2,1-2H3;3*1,3-4H2,2H3;/q;;;;+1/p-1/t6-;;;;/m1..../s1. The molecule has 0 fully saturated rings. The molecule has 0 saturated carbocycles. The van der Waals surface area contributed by atoms with Crippen LogP contribution in [0, 0.1) is 20.2 Å². The number of hydrogen-bond acceptors (Lipinski definition) is 5. The van der Waals surface area contributed by atoms with E-state index in [0.717, 1.165) is 64.3 Å². The number of nitrogens with zero attached hydrogens (tertiary/aromatic N) is 2. The third-order valence-electron chi connectivity index (χ3n) is 5.91. The van der Waals surface area contributed by atoms with Crippen LogP contribution in [-0.4, -0.2) is 28.6 Å².